The molecule has 28 heavy (non-hydrogen) atoms. The van der Waals surface area contributed by atoms with E-state index in [1.54, 1.807) is 41.0 Å². The van der Waals surface area contributed by atoms with Gasteiger partial charge in [0.25, 0.3) is 5.91 Å². The molecule has 1 heterocycles. The van der Waals surface area contributed by atoms with Gasteiger partial charge in [0, 0.05) is 25.2 Å². The average molecular weight is 380 g/mol. The number of carbonyl (C=O) groups excluding carboxylic acids is 3. The number of hydrogen-bond acceptors (Lipinski definition) is 4. The SMILES string of the molecule is CCN(C(=O)[C@H](C)OC(=O)c1ccccc1N1CCCC1=O)c1ccccc1. The van der Waals surface area contributed by atoms with Crippen LogP contribution in [0.4, 0.5) is 11.4 Å². The standard InChI is InChI=1S/C22H24N2O4/c1-3-23(17-10-5-4-6-11-17)21(26)16(2)28-22(27)18-12-7-8-13-19(18)24-15-9-14-20(24)25/h4-8,10-13,16H,3,9,14-15H2,1-2H3/t16-/m0/s1. The van der Waals surface area contributed by atoms with Gasteiger partial charge < -0.3 is 14.5 Å². The maximum Gasteiger partial charge on any atom is 0.341 e. The van der Waals surface area contributed by atoms with Crippen molar-refractivity contribution in [2.24, 2.45) is 0 Å². The molecule has 6 nitrogen and oxygen atoms in total. The highest BCUT2D eigenvalue weighted by Gasteiger charge is 2.29. The van der Waals surface area contributed by atoms with Crippen molar-refractivity contribution in [3.8, 4) is 0 Å². The van der Waals surface area contributed by atoms with Gasteiger partial charge in [-0.3, -0.25) is 9.59 Å². The van der Waals surface area contributed by atoms with Crippen molar-refractivity contribution in [1.82, 2.24) is 0 Å². The van der Waals surface area contributed by atoms with E-state index in [2.05, 4.69) is 0 Å². The Bertz CT molecular complexity index is 866. The molecule has 0 unspecified atom stereocenters. The third-order valence-corrected chi connectivity index (χ3v) is 4.77. The number of nitrogens with zero attached hydrogens (tertiary/aromatic N) is 2. The molecule has 2 aromatic carbocycles. The fourth-order valence-electron chi connectivity index (χ4n) is 3.35. The number of ether oxygens (including phenoxy) is 1. The summed E-state index contributed by atoms with van der Waals surface area (Å²) < 4.78 is 5.47. The molecule has 0 aromatic heterocycles. The summed E-state index contributed by atoms with van der Waals surface area (Å²) in [6.45, 7) is 4.47. The van der Waals surface area contributed by atoms with E-state index in [1.807, 2.05) is 37.3 Å². The number of para-hydroxylation sites is 2. The molecule has 6 heteroatoms. The van der Waals surface area contributed by atoms with E-state index in [4.69, 9.17) is 4.74 Å². The van der Waals surface area contributed by atoms with Crippen molar-refractivity contribution >= 4 is 29.2 Å². The van der Waals surface area contributed by atoms with Gasteiger partial charge in [0.1, 0.15) is 0 Å². The molecule has 0 radical (unpaired) electrons. The van der Waals surface area contributed by atoms with Crippen molar-refractivity contribution in [2.45, 2.75) is 32.8 Å². The quantitative estimate of drug-likeness (QED) is 0.721. The number of amides is 2. The first kappa shape index (κ1) is 19.6. The first-order valence-electron chi connectivity index (χ1n) is 9.49. The zero-order valence-corrected chi connectivity index (χ0v) is 16.1. The summed E-state index contributed by atoms with van der Waals surface area (Å²) in [5.74, 6) is -0.914. The maximum absolute atomic E-state index is 12.8. The topological polar surface area (TPSA) is 66.9 Å². The summed E-state index contributed by atoms with van der Waals surface area (Å²) >= 11 is 0. The molecule has 1 atom stereocenters. The molecule has 0 N–H and O–H groups in total. The minimum absolute atomic E-state index is 0.00869. The van der Waals surface area contributed by atoms with Crippen LogP contribution in [0.3, 0.4) is 0 Å². The first-order chi connectivity index (χ1) is 13.5. The van der Waals surface area contributed by atoms with Crippen LogP contribution in [0.2, 0.25) is 0 Å². The summed E-state index contributed by atoms with van der Waals surface area (Å²) in [7, 11) is 0. The van der Waals surface area contributed by atoms with E-state index in [0.29, 0.717) is 30.8 Å². The fraction of sp³-hybridized carbons (Fsp3) is 0.318. The number of likely N-dealkylation sites (N-methyl/N-ethyl adjacent to an activating group) is 1. The van der Waals surface area contributed by atoms with E-state index < -0.39 is 12.1 Å². The molecule has 1 fully saturated rings. The van der Waals surface area contributed by atoms with E-state index in [0.717, 1.165) is 12.1 Å². The van der Waals surface area contributed by atoms with Crippen LogP contribution >= 0.6 is 0 Å². The molecule has 2 aromatic rings. The molecule has 2 amide bonds. The minimum atomic E-state index is -0.949. The van der Waals surface area contributed by atoms with Crippen LogP contribution in [-0.4, -0.2) is 37.0 Å². The van der Waals surface area contributed by atoms with Gasteiger partial charge in [0.2, 0.25) is 5.91 Å². The zero-order valence-electron chi connectivity index (χ0n) is 16.1. The smallest absolute Gasteiger partial charge is 0.341 e. The number of carbonyl (C=O) groups is 3. The Morgan fingerprint density at radius 2 is 1.79 bits per heavy atom. The van der Waals surface area contributed by atoms with Crippen molar-refractivity contribution in [3.05, 3.63) is 60.2 Å². The molecule has 0 aliphatic carbocycles. The Morgan fingerprint density at radius 1 is 1.11 bits per heavy atom. The molecule has 146 valence electrons. The van der Waals surface area contributed by atoms with Crippen molar-refractivity contribution < 1.29 is 19.1 Å². The Balaban J connectivity index is 1.76. The van der Waals surface area contributed by atoms with Crippen LogP contribution in [0.5, 0.6) is 0 Å². The third kappa shape index (κ3) is 4.06. The molecule has 3 rings (SSSR count). The molecular formula is C22H24N2O4. The number of hydrogen-bond donors (Lipinski definition) is 0. The van der Waals surface area contributed by atoms with Gasteiger partial charge in [0.15, 0.2) is 6.10 Å². The largest absolute Gasteiger partial charge is 0.449 e. The Morgan fingerprint density at radius 3 is 2.43 bits per heavy atom. The predicted octanol–water partition coefficient (Wildman–Crippen LogP) is 3.41. The first-order valence-corrected chi connectivity index (χ1v) is 9.49. The second-order valence-corrected chi connectivity index (χ2v) is 6.63. The van der Waals surface area contributed by atoms with Crippen LogP contribution in [0.15, 0.2) is 54.6 Å². The summed E-state index contributed by atoms with van der Waals surface area (Å²) in [4.78, 5) is 40.8. The average Bonchev–Trinajstić information content (AvgIpc) is 3.15. The number of esters is 1. The highest BCUT2D eigenvalue weighted by molar-refractivity contribution is 6.05. The van der Waals surface area contributed by atoms with Gasteiger partial charge in [0.05, 0.1) is 11.3 Å². The molecule has 1 saturated heterocycles. The van der Waals surface area contributed by atoms with Gasteiger partial charge >= 0.3 is 5.97 Å². The Hall–Kier alpha value is -3.15. The van der Waals surface area contributed by atoms with Crippen LogP contribution in [0.1, 0.15) is 37.0 Å². The van der Waals surface area contributed by atoms with Crippen molar-refractivity contribution in [1.29, 1.82) is 0 Å². The third-order valence-electron chi connectivity index (χ3n) is 4.77. The molecular weight excluding hydrogens is 356 g/mol. The molecule has 0 spiro atoms. The van der Waals surface area contributed by atoms with Gasteiger partial charge in [-0.25, -0.2) is 4.79 Å². The highest BCUT2D eigenvalue weighted by atomic mass is 16.5. The second kappa shape index (κ2) is 8.69. The molecule has 0 saturated carbocycles. The van der Waals surface area contributed by atoms with E-state index in [1.165, 1.54) is 0 Å². The van der Waals surface area contributed by atoms with Gasteiger partial charge in [-0.05, 0) is 44.5 Å². The Labute approximate surface area is 164 Å². The van der Waals surface area contributed by atoms with Crippen LogP contribution in [-0.2, 0) is 14.3 Å². The summed E-state index contributed by atoms with van der Waals surface area (Å²) in [5.41, 5.74) is 1.58. The number of benzene rings is 2. The fourth-order valence-corrected chi connectivity index (χ4v) is 3.35. The van der Waals surface area contributed by atoms with Gasteiger partial charge in [-0.2, -0.15) is 0 Å². The normalized spacial score (nSPS) is 14.6. The minimum Gasteiger partial charge on any atom is -0.449 e. The highest BCUT2D eigenvalue weighted by Crippen LogP contribution is 2.26. The van der Waals surface area contributed by atoms with E-state index in [-0.39, 0.29) is 11.8 Å². The monoisotopic (exact) mass is 380 g/mol. The van der Waals surface area contributed by atoms with Crippen molar-refractivity contribution in [2.75, 3.05) is 22.9 Å². The Kier molecular flexibility index (Phi) is 6.09. The maximum atomic E-state index is 12.8. The van der Waals surface area contributed by atoms with Crippen LogP contribution < -0.4 is 9.80 Å². The summed E-state index contributed by atoms with van der Waals surface area (Å²) in [5, 5.41) is 0. The lowest BCUT2D eigenvalue weighted by Gasteiger charge is -2.25. The van der Waals surface area contributed by atoms with Crippen LogP contribution in [0.25, 0.3) is 0 Å². The number of anilines is 2. The van der Waals surface area contributed by atoms with Crippen molar-refractivity contribution in [3.63, 3.8) is 0 Å². The molecule has 0 bridgehead atoms. The summed E-state index contributed by atoms with van der Waals surface area (Å²) in [6.07, 6.45) is 0.287. The van der Waals surface area contributed by atoms with Gasteiger partial charge in [-0.1, -0.05) is 30.3 Å². The number of rotatable bonds is 6. The predicted molar refractivity (Wildman–Crippen MR) is 107 cm³/mol. The van der Waals surface area contributed by atoms with E-state index >= 15 is 0 Å². The molecule has 1 aliphatic rings. The zero-order chi connectivity index (χ0) is 20.1. The van der Waals surface area contributed by atoms with Gasteiger partial charge in [-0.15, -0.1) is 0 Å². The lowest BCUT2D eigenvalue weighted by molar-refractivity contribution is -0.126. The summed E-state index contributed by atoms with van der Waals surface area (Å²) in [6, 6.07) is 16.1. The van der Waals surface area contributed by atoms with Crippen LogP contribution in [0, 0.1) is 0 Å². The lowest BCUT2D eigenvalue weighted by atomic mass is 10.1. The lowest BCUT2D eigenvalue weighted by Crippen LogP contribution is -2.40. The van der Waals surface area contributed by atoms with E-state index in [9.17, 15) is 14.4 Å². The molecule has 1 aliphatic heterocycles. The second-order valence-electron chi connectivity index (χ2n) is 6.63.